The molecule has 4 aromatic rings. The number of H-pyrrole nitrogens is 1. The van der Waals surface area contributed by atoms with Crippen molar-refractivity contribution in [3.05, 3.63) is 101 Å². The largest absolute Gasteiger partial charge is 0.353 e. The summed E-state index contributed by atoms with van der Waals surface area (Å²) in [4.78, 5) is 12.9. The molecule has 0 fully saturated rings. The van der Waals surface area contributed by atoms with Gasteiger partial charge in [0.2, 0.25) is 0 Å². The molecule has 0 unspecified atom stereocenters. The van der Waals surface area contributed by atoms with Crippen LogP contribution in [0.4, 0.5) is 5.69 Å². The molecule has 0 bridgehead atoms. The minimum absolute atomic E-state index is 0.646. The van der Waals surface area contributed by atoms with Gasteiger partial charge in [0.15, 0.2) is 0 Å². The van der Waals surface area contributed by atoms with E-state index in [2.05, 4.69) is 56.6 Å². The van der Waals surface area contributed by atoms with E-state index in [0.29, 0.717) is 11.4 Å². The summed E-state index contributed by atoms with van der Waals surface area (Å²) in [5.41, 5.74) is 8.57. The normalized spacial score (nSPS) is 12.1. The Hall–Kier alpha value is -4.32. The Kier molecular flexibility index (Phi) is 6.26. The van der Waals surface area contributed by atoms with Gasteiger partial charge in [-0.05, 0) is 61.2 Å². The fourth-order valence-electron chi connectivity index (χ4n) is 3.53. The van der Waals surface area contributed by atoms with Crippen LogP contribution in [0.1, 0.15) is 29.3 Å². The van der Waals surface area contributed by atoms with E-state index in [-0.39, 0.29) is 0 Å². The highest BCUT2D eigenvalue weighted by molar-refractivity contribution is 5.79. The lowest BCUT2D eigenvalue weighted by Crippen LogP contribution is -2.23. The van der Waals surface area contributed by atoms with Crippen molar-refractivity contribution in [2.24, 2.45) is 0 Å². The van der Waals surface area contributed by atoms with Crippen LogP contribution in [-0.2, 0) is 0 Å². The Labute approximate surface area is 193 Å². The second kappa shape index (κ2) is 9.44. The maximum atomic E-state index is 4.43. The maximum Gasteiger partial charge on any atom is 0.115 e. The first-order valence-electron chi connectivity index (χ1n) is 10.6. The Balaban J connectivity index is 1.58. The van der Waals surface area contributed by atoms with Crippen LogP contribution in [0.2, 0.25) is 0 Å². The Bertz CT molecular complexity index is 1450. The second-order valence-corrected chi connectivity index (χ2v) is 7.94. The summed E-state index contributed by atoms with van der Waals surface area (Å²) >= 11 is 0. The van der Waals surface area contributed by atoms with Crippen molar-refractivity contribution in [3.8, 4) is 11.1 Å². The number of hydrogen-bond donors (Lipinski definition) is 2. The van der Waals surface area contributed by atoms with Crippen molar-refractivity contribution in [2.45, 2.75) is 20.8 Å². The zero-order valence-electron chi connectivity index (χ0n) is 19.1. The molecule has 0 aliphatic carbocycles. The predicted octanol–water partition coefficient (Wildman–Crippen LogP) is 4.26. The van der Waals surface area contributed by atoms with Crippen molar-refractivity contribution < 1.29 is 0 Å². The lowest BCUT2D eigenvalue weighted by atomic mass is 10.0. The van der Waals surface area contributed by atoms with E-state index in [1.165, 1.54) is 0 Å². The van der Waals surface area contributed by atoms with Crippen molar-refractivity contribution in [3.63, 3.8) is 0 Å². The average Bonchev–Trinajstić information content (AvgIpc) is 3.19. The fourth-order valence-corrected chi connectivity index (χ4v) is 3.53. The van der Waals surface area contributed by atoms with Gasteiger partial charge in [-0.25, -0.2) is 0 Å². The summed E-state index contributed by atoms with van der Waals surface area (Å²) in [7, 11) is 0. The molecule has 0 atom stereocenters. The third kappa shape index (κ3) is 4.80. The van der Waals surface area contributed by atoms with Gasteiger partial charge in [0, 0.05) is 47.3 Å². The molecular formula is C27H26N6. The lowest BCUT2D eigenvalue weighted by Gasteiger charge is -2.13. The van der Waals surface area contributed by atoms with Crippen molar-refractivity contribution in [1.82, 2.24) is 25.1 Å². The molecule has 0 saturated carbocycles. The number of allylic oxidation sites excluding steroid dienone is 2. The summed E-state index contributed by atoms with van der Waals surface area (Å²) in [6, 6.07) is 6.04. The van der Waals surface area contributed by atoms with Crippen LogP contribution in [0.3, 0.4) is 0 Å². The smallest absolute Gasteiger partial charge is 0.115 e. The summed E-state index contributed by atoms with van der Waals surface area (Å²) in [5, 5.41) is 12.4. The molecule has 4 heterocycles. The number of pyridine rings is 3. The predicted molar refractivity (Wildman–Crippen MR) is 135 cm³/mol. The van der Waals surface area contributed by atoms with E-state index in [4.69, 9.17) is 0 Å². The Morgan fingerprint density at radius 3 is 2.64 bits per heavy atom. The van der Waals surface area contributed by atoms with Gasteiger partial charge in [-0.3, -0.25) is 20.1 Å². The van der Waals surface area contributed by atoms with Crippen molar-refractivity contribution >= 4 is 29.6 Å². The molecule has 0 amide bonds. The maximum absolute atomic E-state index is 4.43. The molecule has 0 aromatic carbocycles. The van der Waals surface area contributed by atoms with Gasteiger partial charge in [-0.2, -0.15) is 5.10 Å². The van der Waals surface area contributed by atoms with Gasteiger partial charge in [0.25, 0.3) is 0 Å². The third-order valence-electron chi connectivity index (χ3n) is 5.49. The summed E-state index contributed by atoms with van der Waals surface area (Å²) in [6.07, 6.45) is 14.9. The van der Waals surface area contributed by atoms with E-state index >= 15 is 0 Å². The molecule has 33 heavy (non-hydrogen) atoms. The summed E-state index contributed by atoms with van der Waals surface area (Å²) in [5.74, 6) is 0. The van der Waals surface area contributed by atoms with E-state index in [1.807, 2.05) is 62.9 Å². The second-order valence-electron chi connectivity index (χ2n) is 7.94. The van der Waals surface area contributed by atoms with Crippen molar-refractivity contribution in [1.29, 1.82) is 0 Å². The highest BCUT2D eigenvalue weighted by atomic mass is 15.1. The fraction of sp³-hybridized carbons (Fsp3) is 0.111. The topological polar surface area (TPSA) is 79.4 Å². The molecule has 6 heteroatoms. The highest BCUT2D eigenvalue weighted by Crippen LogP contribution is 2.28. The average molecular weight is 435 g/mol. The van der Waals surface area contributed by atoms with Crippen LogP contribution in [-0.4, -0.2) is 25.1 Å². The SMILES string of the molecule is C=C(Nc1cncc(-c2cccnc2)c1C)c1n[nH]/c(=C/C=C(\C)c2cncc(C)c2)c1=C. The first-order valence-corrected chi connectivity index (χ1v) is 10.6. The minimum Gasteiger partial charge on any atom is -0.353 e. The van der Waals surface area contributed by atoms with Crippen LogP contribution in [0, 0.1) is 13.8 Å². The number of rotatable bonds is 6. The van der Waals surface area contributed by atoms with E-state index in [9.17, 15) is 0 Å². The van der Waals surface area contributed by atoms with Gasteiger partial charge in [0.05, 0.1) is 22.9 Å². The number of aryl methyl sites for hydroxylation is 1. The van der Waals surface area contributed by atoms with Gasteiger partial charge in [-0.15, -0.1) is 0 Å². The monoisotopic (exact) mass is 434 g/mol. The van der Waals surface area contributed by atoms with Gasteiger partial charge >= 0.3 is 0 Å². The molecule has 0 spiro atoms. The van der Waals surface area contributed by atoms with Crippen LogP contribution in [0.15, 0.2) is 68.0 Å². The Morgan fingerprint density at radius 1 is 1.06 bits per heavy atom. The minimum atomic E-state index is 0.646. The summed E-state index contributed by atoms with van der Waals surface area (Å²) < 4.78 is 0. The quantitative estimate of drug-likeness (QED) is 0.474. The molecule has 0 aliphatic heterocycles. The molecule has 164 valence electrons. The van der Waals surface area contributed by atoms with Crippen molar-refractivity contribution in [2.75, 3.05) is 5.32 Å². The first kappa shape index (κ1) is 21.9. The van der Waals surface area contributed by atoms with Gasteiger partial charge < -0.3 is 5.32 Å². The molecule has 2 N–H and O–H groups in total. The van der Waals surface area contributed by atoms with Gasteiger partial charge in [-0.1, -0.05) is 25.3 Å². The molecule has 6 nitrogen and oxygen atoms in total. The number of aromatic nitrogens is 5. The molecule has 0 radical (unpaired) electrons. The van der Waals surface area contributed by atoms with Crippen LogP contribution in [0.5, 0.6) is 0 Å². The molecule has 0 saturated heterocycles. The van der Waals surface area contributed by atoms with Crippen LogP contribution < -0.4 is 15.9 Å². The zero-order chi connectivity index (χ0) is 23.4. The molecule has 4 rings (SSSR count). The summed E-state index contributed by atoms with van der Waals surface area (Å²) in [6.45, 7) is 14.5. The number of aromatic amines is 1. The molecule has 4 aromatic heterocycles. The first-order chi connectivity index (χ1) is 15.9. The number of nitrogens with zero attached hydrogens (tertiary/aromatic N) is 4. The Morgan fingerprint density at radius 2 is 1.88 bits per heavy atom. The van der Waals surface area contributed by atoms with E-state index in [1.54, 1.807) is 12.4 Å². The molecular weight excluding hydrogens is 408 g/mol. The van der Waals surface area contributed by atoms with E-state index < -0.39 is 0 Å². The standard InChI is InChI=1S/C27H26N6/c1-17-11-23(14-29-12-17)18(2)8-9-25-20(4)27(33-32-25)21(5)31-26-16-30-15-24(19(26)3)22-7-6-10-28-13-22/h6-16,31-32H,4-5H2,1-3H3/b18-8+,25-9+. The lowest BCUT2D eigenvalue weighted by molar-refractivity contribution is 1.05. The number of hydrogen-bond acceptors (Lipinski definition) is 5. The van der Waals surface area contributed by atoms with Crippen LogP contribution >= 0.6 is 0 Å². The number of anilines is 1. The zero-order valence-corrected chi connectivity index (χ0v) is 19.1. The third-order valence-corrected chi connectivity index (χ3v) is 5.49. The van der Waals surface area contributed by atoms with Crippen LogP contribution in [0.25, 0.3) is 35.1 Å². The highest BCUT2D eigenvalue weighted by Gasteiger charge is 2.11. The molecule has 0 aliphatic rings. The van der Waals surface area contributed by atoms with E-state index in [0.717, 1.165) is 49.6 Å². The number of nitrogens with one attached hydrogen (secondary N) is 2. The van der Waals surface area contributed by atoms with Gasteiger partial charge in [0.1, 0.15) is 5.69 Å².